The summed E-state index contributed by atoms with van der Waals surface area (Å²) in [6, 6.07) is 13.7. The van der Waals surface area contributed by atoms with Gasteiger partial charge in [-0.1, -0.05) is 41.0 Å². The zero-order valence-electron chi connectivity index (χ0n) is 16.8. The van der Waals surface area contributed by atoms with Gasteiger partial charge in [-0.25, -0.2) is 4.39 Å². The summed E-state index contributed by atoms with van der Waals surface area (Å²) in [4.78, 5) is 22.2. The fraction of sp³-hybridized carbons (Fsp3) is 0.364. The van der Waals surface area contributed by atoms with Crippen LogP contribution < -0.4 is 4.65 Å². The lowest BCUT2D eigenvalue weighted by molar-refractivity contribution is -0.0750. The third-order valence-electron chi connectivity index (χ3n) is 5.86. The van der Waals surface area contributed by atoms with Crippen LogP contribution in [0, 0.1) is 11.7 Å². The van der Waals surface area contributed by atoms with Gasteiger partial charge in [0.1, 0.15) is 19.5 Å². The van der Waals surface area contributed by atoms with Crippen LogP contribution >= 0.6 is 0 Å². The summed E-state index contributed by atoms with van der Waals surface area (Å²) >= 11 is 0. The van der Waals surface area contributed by atoms with Crippen molar-refractivity contribution < 1.29 is 24.0 Å². The lowest BCUT2D eigenvalue weighted by Crippen LogP contribution is -2.49. The monoisotopic (exact) mass is 401 g/mol. The van der Waals surface area contributed by atoms with Gasteiger partial charge in [-0.2, -0.15) is 9.63 Å². The van der Waals surface area contributed by atoms with Gasteiger partial charge in [0.15, 0.2) is 5.69 Å². The molecule has 0 radical (unpaired) electrons. The van der Waals surface area contributed by atoms with E-state index in [2.05, 4.69) is 12.1 Å². The molecule has 1 N–H and O–H groups in total. The molecule has 6 nitrogen and oxygen atoms in total. The molecule has 1 fully saturated rings. The average molecular weight is 401 g/mol. The highest BCUT2D eigenvalue weighted by molar-refractivity contribution is 5.79. The van der Waals surface area contributed by atoms with Crippen molar-refractivity contribution >= 4 is 18.0 Å². The second-order valence-electron chi connectivity index (χ2n) is 7.64. The van der Waals surface area contributed by atoms with E-state index in [4.69, 9.17) is 9.68 Å². The topological polar surface area (TPSA) is 68.1 Å². The van der Waals surface area contributed by atoms with E-state index in [1.54, 1.807) is 24.4 Å². The van der Waals surface area contributed by atoms with Gasteiger partial charge < -0.3 is 9.94 Å². The second-order valence-corrected chi connectivity index (χ2v) is 7.64. The number of halogens is 1. The van der Waals surface area contributed by atoms with Gasteiger partial charge in [0.25, 0.3) is 0 Å². The van der Waals surface area contributed by atoms with Crippen LogP contribution in [0.3, 0.4) is 0 Å². The lowest BCUT2D eigenvalue weighted by atomic mass is 9.95. The summed E-state index contributed by atoms with van der Waals surface area (Å²) in [5.74, 6) is 0.212. The van der Waals surface area contributed by atoms with Gasteiger partial charge in [-0.3, -0.25) is 0 Å². The van der Waals surface area contributed by atoms with Crippen LogP contribution in [0.1, 0.15) is 30.9 Å². The molecule has 0 saturated heterocycles. The molecule has 0 spiro atoms. The first-order chi connectivity index (χ1) is 13.8. The SMILES string of the molecule is CO[N+](C)(C(=O)O)c1ccccc1CON=CC[C@@H]1C[C@@]1(C)c1ccc(F)cc1. The number of hydrogen-bond donors (Lipinski definition) is 1. The van der Waals surface area contributed by atoms with Crippen molar-refractivity contribution in [3.63, 3.8) is 0 Å². The first-order valence-corrected chi connectivity index (χ1v) is 9.45. The highest BCUT2D eigenvalue weighted by atomic mass is 19.1. The molecule has 0 heterocycles. The standard InChI is InChI=1S/C22H25FN2O4/c1-22(17-8-10-19(23)11-9-17)14-18(22)12-13-24-29-15-16-6-4-5-7-20(16)25(2,28-3)21(26)27/h4-11,13,18H,12,14-15H2,1-3H3/p+1/t18-,22+,25?/m1/s1. The maximum absolute atomic E-state index is 13.1. The average Bonchev–Trinajstić information content (AvgIpc) is 3.38. The second kappa shape index (κ2) is 8.31. The van der Waals surface area contributed by atoms with Crippen LogP contribution in [0.25, 0.3) is 0 Å². The highest BCUT2D eigenvalue weighted by Crippen LogP contribution is 2.55. The maximum atomic E-state index is 13.1. The van der Waals surface area contributed by atoms with Crippen molar-refractivity contribution in [1.29, 1.82) is 0 Å². The van der Waals surface area contributed by atoms with Crippen molar-refractivity contribution in [2.24, 2.45) is 11.1 Å². The number of oxime groups is 1. The number of carboxylic acid groups (broad SMARTS) is 1. The van der Waals surface area contributed by atoms with Crippen LogP contribution in [0.15, 0.2) is 53.7 Å². The predicted octanol–water partition coefficient (Wildman–Crippen LogP) is 4.87. The Kier molecular flexibility index (Phi) is 6.00. The summed E-state index contributed by atoms with van der Waals surface area (Å²) in [5.41, 5.74) is 2.34. The molecule has 1 aliphatic carbocycles. The fourth-order valence-corrected chi connectivity index (χ4v) is 3.64. The third kappa shape index (κ3) is 4.31. The molecule has 0 aromatic heterocycles. The quantitative estimate of drug-likeness (QED) is 0.389. The zero-order valence-corrected chi connectivity index (χ0v) is 16.8. The molecule has 154 valence electrons. The summed E-state index contributed by atoms with van der Waals surface area (Å²) in [6.07, 6.45) is 2.40. The van der Waals surface area contributed by atoms with Crippen LogP contribution in [-0.4, -0.2) is 31.6 Å². The van der Waals surface area contributed by atoms with E-state index in [0.29, 0.717) is 17.2 Å². The summed E-state index contributed by atoms with van der Waals surface area (Å²) in [7, 11) is 2.80. The molecular weight excluding hydrogens is 375 g/mol. The van der Waals surface area contributed by atoms with Gasteiger partial charge in [0.2, 0.25) is 0 Å². The minimum absolute atomic E-state index is 0.0472. The van der Waals surface area contributed by atoms with Gasteiger partial charge in [-0.05, 0) is 47.9 Å². The molecular formula is C22H26FN2O4+. The molecule has 0 aliphatic heterocycles. The normalized spacial score (nSPS) is 23.0. The van der Waals surface area contributed by atoms with E-state index >= 15 is 0 Å². The molecule has 2 aromatic rings. The van der Waals surface area contributed by atoms with Crippen molar-refractivity contribution in [1.82, 2.24) is 4.65 Å². The Labute approximate surface area is 169 Å². The Balaban J connectivity index is 1.56. The zero-order chi connectivity index (χ0) is 21.1. The molecule has 0 bridgehead atoms. The molecule has 29 heavy (non-hydrogen) atoms. The van der Waals surface area contributed by atoms with E-state index in [-0.39, 0.29) is 17.8 Å². The number of benzene rings is 2. The van der Waals surface area contributed by atoms with Crippen molar-refractivity contribution in [3.05, 3.63) is 65.5 Å². The Hall–Kier alpha value is -2.77. The minimum atomic E-state index is -1.13. The van der Waals surface area contributed by atoms with Gasteiger partial charge in [0, 0.05) is 12.3 Å². The van der Waals surface area contributed by atoms with Gasteiger partial charge in [0.05, 0.1) is 12.7 Å². The van der Waals surface area contributed by atoms with Crippen LogP contribution in [-0.2, 0) is 21.7 Å². The Bertz CT molecular complexity index is 902. The van der Waals surface area contributed by atoms with Crippen LogP contribution in [0.2, 0.25) is 0 Å². The van der Waals surface area contributed by atoms with E-state index in [9.17, 15) is 14.3 Å². The molecule has 3 atom stereocenters. The largest absolute Gasteiger partial charge is 0.552 e. The van der Waals surface area contributed by atoms with Crippen molar-refractivity contribution in [2.75, 3.05) is 14.2 Å². The molecule has 1 amide bonds. The van der Waals surface area contributed by atoms with E-state index in [1.165, 1.54) is 26.3 Å². The first kappa shape index (κ1) is 21.0. The Morgan fingerprint density at radius 2 is 2.00 bits per heavy atom. The number of para-hydroxylation sites is 1. The van der Waals surface area contributed by atoms with Gasteiger partial charge in [-0.15, -0.1) is 0 Å². The number of amides is 1. The van der Waals surface area contributed by atoms with Crippen LogP contribution in [0.4, 0.5) is 14.9 Å². The smallest absolute Gasteiger partial charge is 0.433 e. The van der Waals surface area contributed by atoms with Gasteiger partial charge >= 0.3 is 6.09 Å². The molecule has 1 saturated carbocycles. The van der Waals surface area contributed by atoms with Crippen molar-refractivity contribution in [2.45, 2.75) is 31.8 Å². The molecule has 7 heteroatoms. The molecule has 1 unspecified atom stereocenters. The number of hydroxylamine groups is 2. The summed E-state index contributed by atoms with van der Waals surface area (Å²) < 4.78 is 12.4. The molecule has 2 aromatic carbocycles. The maximum Gasteiger partial charge on any atom is 0.552 e. The minimum Gasteiger partial charge on any atom is -0.433 e. The van der Waals surface area contributed by atoms with E-state index in [1.807, 2.05) is 18.2 Å². The highest BCUT2D eigenvalue weighted by Gasteiger charge is 2.50. The Morgan fingerprint density at radius 3 is 2.66 bits per heavy atom. The fourth-order valence-electron chi connectivity index (χ4n) is 3.64. The van der Waals surface area contributed by atoms with Crippen LogP contribution in [0.5, 0.6) is 0 Å². The number of carbonyl (C=O) groups is 1. The van der Waals surface area contributed by atoms with E-state index in [0.717, 1.165) is 18.4 Å². The summed E-state index contributed by atoms with van der Waals surface area (Å²) in [6.45, 7) is 2.31. The third-order valence-corrected chi connectivity index (χ3v) is 5.86. The summed E-state index contributed by atoms with van der Waals surface area (Å²) in [5, 5.41) is 13.5. The number of rotatable bonds is 8. The van der Waals surface area contributed by atoms with E-state index < -0.39 is 10.7 Å². The lowest BCUT2D eigenvalue weighted by Gasteiger charge is -2.24. The first-order valence-electron chi connectivity index (χ1n) is 9.45. The predicted molar refractivity (Wildman–Crippen MR) is 109 cm³/mol. The molecule has 3 rings (SSSR count). The molecule has 1 aliphatic rings. The number of hydrogen-bond acceptors (Lipinski definition) is 4. The number of quaternary nitrogens is 1. The Morgan fingerprint density at radius 1 is 1.31 bits per heavy atom. The number of nitrogens with zero attached hydrogens (tertiary/aromatic N) is 2. The van der Waals surface area contributed by atoms with Crippen molar-refractivity contribution in [3.8, 4) is 0 Å².